The molecule has 34 heavy (non-hydrogen) atoms. The van der Waals surface area contributed by atoms with Gasteiger partial charge in [0.05, 0.1) is 10.6 Å². The number of nitrogens with zero attached hydrogens (tertiary/aromatic N) is 1. The summed E-state index contributed by atoms with van der Waals surface area (Å²) in [6.45, 7) is 8.10. The molecule has 1 aliphatic heterocycles. The maximum Gasteiger partial charge on any atom is 0.339 e. The van der Waals surface area contributed by atoms with Crippen LogP contribution < -0.4 is 5.32 Å². The van der Waals surface area contributed by atoms with E-state index < -0.39 is 23.3 Å². The molecule has 0 unspecified atom stereocenters. The number of rotatable bonds is 7. The zero-order valence-corrected chi connectivity index (χ0v) is 21.0. The molecule has 1 aromatic rings. The molecule has 9 heteroatoms. The van der Waals surface area contributed by atoms with Crippen LogP contribution in [-0.2, 0) is 27.3 Å². The van der Waals surface area contributed by atoms with Gasteiger partial charge in [-0.3, -0.25) is 14.4 Å². The van der Waals surface area contributed by atoms with Gasteiger partial charge in [-0.25, -0.2) is 4.79 Å². The summed E-state index contributed by atoms with van der Waals surface area (Å²) in [6, 6.07) is 0. The third-order valence-electron chi connectivity index (χ3n) is 6.57. The van der Waals surface area contributed by atoms with E-state index >= 15 is 0 Å². The molecule has 2 N–H and O–H groups in total. The number of fused-ring (bicyclic) bond motifs is 1. The van der Waals surface area contributed by atoms with Crippen molar-refractivity contribution in [3.05, 3.63) is 34.2 Å². The molecule has 0 atom stereocenters. The number of carbonyl (C=O) groups excluding carboxylic acids is 3. The van der Waals surface area contributed by atoms with Crippen molar-refractivity contribution in [1.29, 1.82) is 0 Å². The zero-order chi connectivity index (χ0) is 25.3. The lowest BCUT2D eigenvalue weighted by Gasteiger charge is -2.35. The molecule has 1 aliphatic carbocycles. The Kier molecular flexibility index (Phi) is 7.60. The molecule has 186 valence electrons. The first-order valence-corrected chi connectivity index (χ1v) is 12.1. The van der Waals surface area contributed by atoms with E-state index in [1.54, 1.807) is 4.57 Å². The molecule has 1 saturated carbocycles. The molecular weight excluding hydrogens is 460 g/mol. The van der Waals surface area contributed by atoms with E-state index in [0.29, 0.717) is 31.5 Å². The third-order valence-corrected chi connectivity index (χ3v) is 6.93. The Bertz CT molecular complexity index is 1030. The number of allylic oxidation sites excluding steroid dienone is 1. The number of nitrogens with one attached hydrogen (secondary N) is 1. The van der Waals surface area contributed by atoms with Crippen LogP contribution in [0.15, 0.2) is 12.3 Å². The largest absolute Gasteiger partial charge is 0.478 e. The maximum atomic E-state index is 12.8. The quantitative estimate of drug-likeness (QED) is 0.328. The van der Waals surface area contributed by atoms with Crippen LogP contribution in [0.25, 0.3) is 0 Å². The minimum Gasteiger partial charge on any atom is -0.478 e. The first-order chi connectivity index (χ1) is 15.8. The lowest BCUT2D eigenvalue weighted by molar-refractivity contribution is -0.156. The fourth-order valence-corrected chi connectivity index (χ4v) is 5.18. The van der Waals surface area contributed by atoms with Crippen molar-refractivity contribution in [3.8, 4) is 0 Å². The number of carbonyl (C=O) groups is 4. The van der Waals surface area contributed by atoms with Gasteiger partial charge < -0.3 is 19.7 Å². The number of esters is 1. The Morgan fingerprint density at radius 1 is 1.24 bits per heavy atom. The number of hydrogen-bond donors (Lipinski definition) is 2. The molecule has 1 amide bonds. The van der Waals surface area contributed by atoms with Gasteiger partial charge in [-0.1, -0.05) is 24.6 Å². The van der Waals surface area contributed by atoms with E-state index in [1.807, 2.05) is 26.8 Å². The smallest absolute Gasteiger partial charge is 0.339 e. The van der Waals surface area contributed by atoms with Gasteiger partial charge in [-0.05, 0) is 70.6 Å². The molecule has 2 aliphatic rings. The summed E-state index contributed by atoms with van der Waals surface area (Å²) in [6.07, 6.45) is 8.41. The maximum absolute atomic E-state index is 12.8. The minimum atomic E-state index is -1.20. The van der Waals surface area contributed by atoms with Gasteiger partial charge in [0.1, 0.15) is 11.3 Å². The number of halogens is 1. The predicted octanol–water partition coefficient (Wildman–Crippen LogP) is 4.53. The van der Waals surface area contributed by atoms with Gasteiger partial charge in [0, 0.05) is 24.9 Å². The second kappa shape index (κ2) is 9.94. The van der Waals surface area contributed by atoms with Gasteiger partial charge in [0.2, 0.25) is 0 Å². The summed E-state index contributed by atoms with van der Waals surface area (Å²) in [5, 5.41) is 11.8. The Hall–Kier alpha value is -2.61. The van der Waals surface area contributed by atoms with Crippen molar-refractivity contribution in [3.63, 3.8) is 0 Å². The van der Waals surface area contributed by atoms with E-state index in [4.69, 9.17) is 16.3 Å². The standard InChI is InChI=1S/C25H33ClN2O6/c1-24(2,3)34-17(29)14-15-7-9-25(4,10-8-15)11-12-27-22(31)21(30)20-19(26)18(23(32)33)16-6-5-13-28(16)20/h11-12,15H,5-10,13-14H2,1-4H3,(H,27,31)(H,32,33)/b12-11+/t15-,25-. The Morgan fingerprint density at radius 2 is 1.88 bits per heavy atom. The van der Waals surface area contributed by atoms with Crippen molar-refractivity contribution >= 4 is 35.2 Å². The van der Waals surface area contributed by atoms with Gasteiger partial charge in [-0.2, -0.15) is 0 Å². The van der Waals surface area contributed by atoms with Crippen LogP contribution in [0.2, 0.25) is 5.02 Å². The molecule has 8 nitrogen and oxygen atoms in total. The first kappa shape index (κ1) is 26.0. The van der Waals surface area contributed by atoms with Gasteiger partial charge in [-0.15, -0.1) is 0 Å². The number of amides is 1. The van der Waals surface area contributed by atoms with E-state index in [9.17, 15) is 24.3 Å². The summed E-state index contributed by atoms with van der Waals surface area (Å²) in [5.41, 5.74) is -0.322. The highest BCUT2D eigenvalue weighted by molar-refractivity contribution is 6.47. The van der Waals surface area contributed by atoms with E-state index in [-0.39, 0.29) is 33.6 Å². The van der Waals surface area contributed by atoms with Gasteiger partial charge in [0.15, 0.2) is 0 Å². The van der Waals surface area contributed by atoms with Crippen molar-refractivity contribution in [2.24, 2.45) is 11.3 Å². The average Bonchev–Trinajstić information content (AvgIpc) is 3.27. The minimum absolute atomic E-state index is 0.0636. The number of ether oxygens (including phenoxy) is 1. The van der Waals surface area contributed by atoms with Gasteiger partial charge >= 0.3 is 11.9 Å². The normalized spacial score (nSPS) is 22.4. The van der Waals surface area contributed by atoms with E-state index in [2.05, 4.69) is 12.2 Å². The zero-order valence-electron chi connectivity index (χ0n) is 20.2. The number of aromatic carboxylic acids is 1. The van der Waals surface area contributed by atoms with Crippen LogP contribution in [0.5, 0.6) is 0 Å². The second-order valence-electron chi connectivity index (χ2n) is 10.6. The van der Waals surface area contributed by atoms with Crippen molar-refractivity contribution < 1.29 is 29.0 Å². The summed E-state index contributed by atoms with van der Waals surface area (Å²) in [4.78, 5) is 49.0. The third kappa shape index (κ3) is 5.90. The van der Waals surface area contributed by atoms with Crippen LogP contribution in [0.3, 0.4) is 0 Å². The molecule has 1 fully saturated rings. The second-order valence-corrected chi connectivity index (χ2v) is 10.9. The van der Waals surface area contributed by atoms with Crippen molar-refractivity contribution in [1.82, 2.24) is 9.88 Å². The highest BCUT2D eigenvalue weighted by Crippen LogP contribution is 2.41. The molecule has 1 aromatic heterocycles. The van der Waals surface area contributed by atoms with Crippen molar-refractivity contribution in [2.75, 3.05) is 0 Å². The SMILES string of the molecule is CC(C)(C)OC(=O)C[C@H]1CC[C@](C)(/C=C/NC(=O)C(=O)c2c(Cl)c(C(=O)O)c3n2CCC3)CC1. The van der Waals surface area contributed by atoms with Crippen LogP contribution >= 0.6 is 11.6 Å². The summed E-state index contributed by atoms with van der Waals surface area (Å²) in [5.74, 6) is -2.82. The fourth-order valence-electron chi connectivity index (χ4n) is 4.80. The monoisotopic (exact) mass is 492 g/mol. The predicted molar refractivity (Wildman–Crippen MR) is 127 cm³/mol. The molecule has 0 spiro atoms. The molecule has 3 rings (SSSR count). The number of hydrogen-bond acceptors (Lipinski definition) is 5. The van der Waals surface area contributed by atoms with Crippen LogP contribution in [0.1, 0.15) is 92.8 Å². The number of carboxylic acid groups (broad SMARTS) is 1. The fraction of sp³-hybridized carbons (Fsp3) is 0.600. The average molecular weight is 493 g/mol. The van der Waals surface area contributed by atoms with Gasteiger partial charge in [0.25, 0.3) is 11.7 Å². The molecular formula is C25H33ClN2O6. The lowest BCUT2D eigenvalue weighted by Crippen LogP contribution is -2.30. The van der Waals surface area contributed by atoms with E-state index in [1.165, 1.54) is 6.20 Å². The highest BCUT2D eigenvalue weighted by Gasteiger charge is 2.34. The molecule has 0 saturated heterocycles. The summed E-state index contributed by atoms with van der Waals surface area (Å²) < 4.78 is 6.96. The van der Waals surface area contributed by atoms with Crippen LogP contribution in [0.4, 0.5) is 0 Å². The number of aromatic nitrogens is 1. The number of ketones is 1. The first-order valence-electron chi connectivity index (χ1n) is 11.7. The Labute approximate surface area is 204 Å². The van der Waals surface area contributed by atoms with Crippen molar-refractivity contribution in [2.45, 2.75) is 84.8 Å². The Morgan fingerprint density at radius 3 is 2.47 bits per heavy atom. The number of carboxylic acids is 1. The summed E-state index contributed by atoms with van der Waals surface area (Å²) in [7, 11) is 0. The Balaban J connectivity index is 1.57. The highest BCUT2D eigenvalue weighted by atomic mass is 35.5. The number of Topliss-reactive ketones (excluding diaryl/α,β-unsaturated/α-hetero) is 1. The molecule has 2 heterocycles. The molecule has 0 bridgehead atoms. The molecule has 0 aromatic carbocycles. The van der Waals surface area contributed by atoms with E-state index in [0.717, 1.165) is 25.7 Å². The van der Waals surface area contributed by atoms with Crippen LogP contribution in [-0.4, -0.2) is 38.9 Å². The molecule has 0 radical (unpaired) electrons. The summed E-state index contributed by atoms with van der Waals surface area (Å²) >= 11 is 6.19. The lowest BCUT2D eigenvalue weighted by atomic mass is 9.71. The van der Waals surface area contributed by atoms with Crippen LogP contribution in [0, 0.1) is 11.3 Å². The topological polar surface area (TPSA) is 115 Å².